The minimum Gasteiger partial charge on any atom is -0.726 e. The summed E-state index contributed by atoms with van der Waals surface area (Å²) in [6, 6.07) is 0. The third-order valence-electron chi connectivity index (χ3n) is 20.0. The van der Waals surface area contributed by atoms with Gasteiger partial charge in [0.2, 0.25) is 20.8 Å². The average molecular weight is 1410 g/mol. The molecule has 11 heteroatoms. The van der Waals surface area contributed by atoms with Gasteiger partial charge in [0, 0.05) is 11.8 Å². The first-order valence-corrected chi connectivity index (χ1v) is 45.2. The van der Waals surface area contributed by atoms with Crippen molar-refractivity contribution in [2.75, 3.05) is 13.2 Å². The molecule has 0 amide bonds. The van der Waals surface area contributed by atoms with Crippen LogP contribution in [0.15, 0.2) is 24.3 Å². The van der Waals surface area contributed by atoms with E-state index in [1.807, 2.05) is 0 Å². The van der Waals surface area contributed by atoms with E-state index in [-0.39, 0.29) is 62.8 Å². The van der Waals surface area contributed by atoms with E-state index >= 15 is 0 Å². The van der Waals surface area contributed by atoms with E-state index in [0.29, 0.717) is 0 Å². The molecule has 8 nitrogen and oxygen atoms in total. The summed E-state index contributed by atoms with van der Waals surface area (Å²) in [6.07, 6.45) is 105. The molecule has 0 aromatic heterocycles. The number of unbranched alkanes of at least 4 members (excludes halogenated alkanes) is 66. The fourth-order valence-electron chi connectivity index (χ4n) is 13.6. The van der Waals surface area contributed by atoms with Crippen molar-refractivity contribution in [1.82, 2.24) is 0 Å². The number of allylic oxidation sites excluding steroid dienone is 2. The molecule has 2 atom stereocenters. The second kappa shape index (κ2) is 85.1. The van der Waals surface area contributed by atoms with Crippen molar-refractivity contribution in [3.63, 3.8) is 0 Å². The maximum atomic E-state index is 11.0. The molecule has 0 aromatic carbocycles. The zero-order valence-electron chi connectivity index (χ0n) is 64.6. The first kappa shape index (κ1) is 99.7. The Morgan fingerprint density at radius 2 is 0.368 bits per heavy atom. The van der Waals surface area contributed by atoms with Crippen molar-refractivity contribution in [3.8, 4) is 0 Å². The second-order valence-corrected chi connectivity index (χ2v) is 31.6. The Kier molecular flexibility index (Phi) is 89.3. The summed E-state index contributed by atoms with van der Waals surface area (Å²) >= 11 is 0. The van der Waals surface area contributed by atoms with Gasteiger partial charge in [0.1, 0.15) is 0 Å². The van der Waals surface area contributed by atoms with Crippen molar-refractivity contribution in [2.45, 2.75) is 490 Å². The van der Waals surface area contributed by atoms with E-state index in [4.69, 9.17) is 0 Å². The molecule has 0 rings (SSSR count). The predicted octanol–water partition coefficient (Wildman–Crippen LogP) is 29.1. The summed E-state index contributed by atoms with van der Waals surface area (Å²) < 4.78 is 75.4. The van der Waals surface area contributed by atoms with Crippen LogP contribution in [0.4, 0.5) is 0 Å². The van der Waals surface area contributed by atoms with Crippen LogP contribution in [0.2, 0.25) is 0 Å². The molecular formula is C84H166CaO8S2. The standard InChI is InChI=1S/2C42H84O4S.Ca/c2*1-3-5-7-9-11-13-15-17-19-21-22-24-26-28-30-32-34-36-38-40-42(41-46-47(43,44)45)39-37-35-33-31-29-27-25-23-20-18-16-14-12-10-8-6-4-2;/h2*38,40,42H,3-37,39,41H2,1-2H3,(H,43,44,45);/q;;+2/p-2/b2*40-38+;. The summed E-state index contributed by atoms with van der Waals surface area (Å²) in [7, 11) is -9.26. The summed E-state index contributed by atoms with van der Waals surface area (Å²) in [6.45, 7) is 9.11. The first-order valence-electron chi connectivity index (χ1n) is 42.5. The molecule has 95 heavy (non-hydrogen) atoms. The van der Waals surface area contributed by atoms with Gasteiger partial charge in [0.05, 0.1) is 13.2 Å². The number of rotatable bonds is 80. The van der Waals surface area contributed by atoms with E-state index in [1.165, 1.54) is 424 Å². The molecule has 564 valence electrons. The Morgan fingerprint density at radius 1 is 0.232 bits per heavy atom. The first-order chi connectivity index (χ1) is 46.0. The van der Waals surface area contributed by atoms with Crippen molar-refractivity contribution in [2.24, 2.45) is 11.8 Å². The van der Waals surface area contributed by atoms with Gasteiger partial charge in [0.25, 0.3) is 0 Å². The van der Waals surface area contributed by atoms with Gasteiger partial charge in [0.15, 0.2) is 0 Å². The summed E-state index contributed by atoms with van der Waals surface area (Å²) in [5, 5.41) is 0. The molecule has 0 aromatic rings. The SMILES string of the molecule is CCCCCCCCCCCCCCCCCCC/C=C/C(CCCCCCCCCCCCCCCCCCC)COS(=O)(=O)[O-].CCCCCCCCCCCCCCCCCCC/C=C/C(CCCCCCCCCCCCCCCCCCC)COS(=O)(=O)[O-].[Ca+2]. The Hall–Kier alpha value is 0.480. The van der Waals surface area contributed by atoms with Gasteiger partial charge in [-0.25, -0.2) is 16.8 Å². The van der Waals surface area contributed by atoms with Gasteiger partial charge in [-0.15, -0.1) is 0 Å². The quantitative estimate of drug-likeness (QED) is 0.0193. The Labute approximate surface area is 627 Å². The third-order valence-corrected chi connectivity index (χ3v) is 20.8. The normalized spacial score (nSPS) is 12.7. The van der Waals surface area contributed by atoms with Crippen molar-refractivity contribution >= 4 is 58.5 Å². The van der Waals surface area contributed by atoms with Crippen LogP contribution in [0.5, 0.6) is 0 Å². The summed E-state index contributed by atoms with van der Waals surface area (Å²) in [5.41, 5.74) is 0. The van der Waals surface area contributed by atoms with Gasteiger partial charge < -0.3 is 9.11 Å². The van der Waals surface area contributed by atoms with Crippen LogP contribution in [0.3, 0.4) is 0 Å². The van der Waals surface area contributed by atoms with Gasteiger partial charge in [-0.3, -0.25) is 8.37 Å². The zero-order chi connectivity index (χ0) is 68.7. The fraction of sp³-hybridized carbons (Fsp3) is 0.952. The van der Waals surface area contributed by atoms with Crippen molar-refractivity contribution in [1.29, 1.82) is 0 Å². The summed E-state index contributed by atoms with van der Waals surface area (Å²) in [5.74, 6) is 0.0294. The second-order valence-electron chi connectivity index (χ2n) is 29.5. The van der Waals surface area contributed by atoms with E-state index in [2.05, 4.69) is 60.4 Å². The predicted molar refractivity (Wildman–Crippen MR) is 417 cm³/mol. The molecule has 0 heterocycles. The zero-order valence-corrected chi connectivity index (χ0v) is 68.4. The average Bonchev–Trinajstić information content (AvgIpc) is 3.21. The third kappa shape index (κ3) is 94.5. The molecule has 0 spiro atoms. The van der Waals surface area contributed by atoms with Crippen LogP contribution >= 0.6 is 0 Å². The molecule has 0 radical (unpaired) electrons. The van der Waals surface area contributed by atoms with Crippen molar-refractivity contribution in [3.05, 3.63) is 24.3 Å². The Balaban J connectivity index is -0.00000176. The van der Waals surface area contributed by atoms with Crippen LogP contribution in [-0.2, 0) is 29.2 Å². The Bertz CT molecular complexity index is 1570. The molecular weight excluding hydrogens is 1240 g/mol. The number of hydrogen-bond donors (Lipinski definition) is 0. The van der Waals surface area contributed by atoms with Gasteiger partial charge in [-0.1, -0.05) is 476 Å². The molecule has 2 unspecified atom stereocenters. The topological polar surface area (TPSA) is 133 Å². The molecule has 0 N–H and O–H groups in total. The van der Waals surface area contributed by atoms with Gasteiger partial charge in [-0.2, -0.15) is 0 Å². The van der Waals surface area contributed by atoms with E-state index in [0.717, 1.165) is 38.5 Å². The molecule has 0 aliphatic carbocycles. The molecule has 0 saturated carbocycles. The minimum absolute atomic E-state index is 0. The molecule has 0 bridgehead atoms. The van der Waals surface area contributed by atoms with E-state index in [1.54, 1.807) is 0 Å². The van der Waals surface area contributed by atoms with Crippen molar-refractivity contribution < 1.29 is 34.3 Å². The molecule has 0 fully saturated rings. The molecule has 0 aliphatic heterocycles. The van der Waals surface area contributed by atoms with E-state index < -0.39 is 20.8 Å². The smallest absolute Gasteiger partial charge is 0.726 e. The molecule has 0 saturated heterocycles. The Morgan fingerprint density at radius 3 is 0.516 bits per heavy atom. The largest absolute Gasteiger partial charge is 2.00 e. The van der Waals surface area contributed by atoms with Crippen LogP contribution in [0.1, 0.15) is 490 Å². The van der Waals surface area contributed by atoms with Gasteiger partial charge in [-0.05, 0) is 38.5 Å². The maximum absolute atomic E-state index is 11.0. The maximum Gasteiger partial charge on any atom is 2.00 e. The monoisotopic (exact) mass is 1410 g/mol. The van der Waals surface area contributed by atoms with Crippen LogP contribution in [-0.4, -0.2) is 76.9 Å². The molecule has 0 aliphatic rings. The minimum atomic E-state index is -4.63. The summed E-state index contributed by atoms with van der Waals surface area (Å²) in [4.78, 5) is 0. The van der Waals surface area contributed by atoms with Crippen LogP contribution < -0.4 is 0 Å². The fourth-order valence-corrected chi connectivity index (χ4v) is 14.3. The number of hydrogen-bond acceptors (Lipinski definition) is 8. The van der Waals surface area contributed by atoms with Crippen LogP contribution in [0, 0.1) is 11.8 Å². The van der Waals surface area contributed by atoms with Crippen LogP contribution in [0.25, 0.3) is 0 Å². The van der Waals surface area contributed by atoms with Gasteiger partial charge >= 0.3 is 37.7 Å². The van der Waals surface area contributed by atoms with E-state index in [9.17, 15) is 25.9 Å².